The molecule has 0 bridgehead atoms. The Hall–Kier alpha value is -0.640. The molecule has 2 rings (SSSR count). The minimum absolute atomic E-state index is 0. The molecule has 0 spiro atoms. The predicted octanol–water partition coefficient (Wildman–Crippen LogP) is 2.44. The van der Waals surface area contributed by atoms with E-state index in [-0.39, 0.29) is 41.4 Å². The molecule has 16 heavy (non-hydrogen) atoms. The molecule has 1 aromatic carbocycles. The summed E-state index contributed by atoms with van der Waals surface area (Å²) in [6, 6.07) is 4.55. The van der Waals surface area contributed by atoms with Crippen molar-refractivity contribution in [2.24, 2.45) is 4.99 Å². The van der Waals surface area contributed by atoms with Gasteiger partial charge in [-0.2, -0.15) is 0 Å². The number of nitrogens with zero attached hydrogens (tertiary/aromatic N) is 1. The first-order valence-electron chi connectivity index (χ1n) is 4.84. The summed E-state index contributed by atoms with van der Waals surface area (Å²) in [5, 5.41) is 9.38. The number of rotatable bonds is 1. The number of aliphatic imine (C=N–C) groups is 1. The molecule has 0 saturated carbocycles. The van der Waals surface area contributed by atoms with E-state index >= 15 is 0 Å². The van der Waals surface area contributed by atoms with Crippen LogP contribution in [-0.4, -0.2) is 40.9 Å². The van der Waals surface area contributed by atoms with Crippen LogP contribution in [0.4, 0.5) is 4.39 Å². The molecule has 1 heterocycles. The molecule has 1 N–H and O–H groups in total. The molecule has 0 radical (unpaired) electrons. The standard InChI is InChI=1S/C12H12FNO.Na.H/c1-8-6-9(13)2-3-11(8)12-7-10(15)4-5-14-12;;/h2-6,12,15H,7H2,1H3;;. The Labute approximate surface area is 116 Å². The Morgan fingerprint density at radius 3 is 2.81 bits per heavy atom. The predicted molar refractivity (Wildman–Crippen MR) is 64.8 cm³/mol. The van der Waals surface area contributed by atoms with Crippen molar-refractivity contribution < 1.29 is 9.50 Å². The van der Waals surface area contributed by atoms with Crippen LogP contribution in [0.5, 0.6) is 0 Å². The second-order valence-electron chi connectivity index (χ2n) is 3.68. The second kappa shape index (κ2) is 5.62. The summed E-state index contributed by atoms with van der Waals surface area (Å²) < 4.78 is 12.9. The van der Waals surface area contributed by atoms with Crippen LogP contribution in [-0.2, 0) is 0 Å². The van der Waals surface area contributed by atoms with E-state index in [4.69, 9.17) is 0 Å². The summed E-state index contributed by atoms with van der Waals surface area (Å²) in [6.45, 7) is 1.85. The average molecular weight is 229 g/mol. The first-order valence-corrected chi connectivity index (χ1v) is 4.84. The summed E-state index contributed by atoms with van der Waals surface area (Å²) in [5.41, 5.74) is 1.83. The Bertz CT molecular complexity index is 443. The summed E-state index contributed by atoms with van der Waals surface area (Å²) in [4.78, 5) is 4.26. The molecule has 1 unspecified atom stereocenters. The van der Waals surface area contributed by atoms with Crippen molar-refractivity contribution in [2.75, 3.05) is 0 Å². The van der Waals surface area contributed by atoms with Gasteiger partial charge in [-0.1, -0.05) is 6.07 Å². The van der Waals surface area contributed by atoms with Gasteiger partial charge in [0.25, 0.3) is 0 Å². The van der Waals surface area contributed by atoms with Crippen LogP contribution in [0.2, 0.25) is 0 Å². The number of aliphatic hydroxyl groups excluding tert-OH is 1. The number of hydrogen-bond donors (Lipinski definition) is 1. The monoisotopic (exact) mass is 229 g/mol. The number of hydrogen-bond acceptors (Lipinski definition) is 2. The quantitative estimate of drug-likeness (QED) is 0.737. The van der Waals surface area contributed by atoms with Crippen molar-refractivity contribution in [3.8, 4) is 0 Å². The van der Waals surface area contributed by atoms with Crippen LogP contribution < -0.4 is 0 Å². The van der Waals surface area contributed by atoms with E-state index in [1.54, 1.807) is 18.4 Å². The van der Waals surface area contributed by atoms with Gasteiger partial charge in [0.2, 0.25) is 0 Å². The van der Waals surface area contributed by atoms with Crippen molar-refractivity contribution >= 4 is 35.8 Å². The first-order chi connectivity index (χ1) is 7.16. The molecule has 2 nitrogen and oxygen atoms in total. The third-order valence-electron chi connectivity index (χ3n) is 2.53. The van der Waals surface area contributed by atoms with Crippen LogP contribution >= 0.6 is 0 Å². The fraction of sp³-hybridized carbons (Fsp3) is 0.250. The van der Waals surface area contributed by atoms with Gasteiger partial charge in [0.1, 0.15) is 5.82 Å². The molecule has 1 aliphatic rings. The van der Waals surface area contributed by atoms with Gasteiger partial charge >= 0.3 is 29.6 Å². The SMILES string of the molecule is Cc1cc(F)ccc1C1CC(O)=CC=N1.[NaH]. The first kappa shape index (κ1) is 13.4. The molecule has 1 aliphatic heterocycles. The fourth-order valence-corrected chi connectivity index (χ4v) is 1.76. The maximum absolute atomic E-state index is 12.9. The second-order valence-corrected chi connectivity index (χ2v) is 3.68. The number of allylic oxidation sites excluding steroid dienone is 1. The molecule has 4 heteroatoms. The number of halogens is 1. The van der Waals surface area contributed by atoms with Crippen LogP contribution in [0, 0.1) is 12.7 Å². The van der Waals surface area contributed by atoms with Crippen LogP contribution in [0.25, 0.3) is 0 Å². The maximum atomic E-state index is 12.9. The Balaban J connectivity index is 0.00000128. The molecule has 0 fully saturated rings. The third-order valence-corrected chi connectivity index (χ3v) is 2.53. The Morgan fingerprint density at radius 2 is 2.19 bits per heavy atom. The summed E-state index contributed by atoms with van der Waals surface area (Å²) >= 11 is 0. The molecular weight excluding hydrogens is 216 g/mol. The zero-order valence-corrected chi connectivity index (χ0v) is 8.44. The van der Waals surface area contributed by atoms with Gasteiger partial charge in [0, 0.05) is 12.6 Å². The van der Waals surface area contributed by atoms with Gasteiger partial charge in [-0.15, -0.1) is 0 Å². The van der Waals surface area contributed by atoms with Crippen LogP contribution in [0.1, 0.15) is 23.6 Å². The van der Waals surface area contributed by atoms with E-state index in [0.29, 0.717) is 12.2 Å². The Morgan fingerprint density at radius 1 is 1.44 bits per heavy atom. The van der Waals surface area contributed by atoms with Gasteiger partial charge in [-0.05, 0) is 36.3 Å². The van der Waals surface area contributed by atoms with Gasteiger partial charge in [-0.3, -0.25) is 4.99 Å². The fourth-order valence-electron chi connectivity index (χ4n) is 1.76. The van der Waals surface area contributed by atoms with E-state index in [9.17, 15) is 9.50 Å². The van der Waals surface area contributed by atoms with E-state index in [2.05, 4.69) is 4.99 Å². The average Bonchev–Trinajstić information content (AvgIpc) is 2.17. The van der Waals surface area contributed by atoms with Gasteiger partial charge in [0.15, 0.2) is 0 Å². The summed E-state index contributed by atoms with van der Waals surface area (Å²) in [5.74, 6) is 0.0783. The number of dihydropyridines is 1. The topological polar surface area (TPSA) is 32.6 Å². The molecule has 0 aromatic heterocycles. The summed E-state index contributed by atoms with van der Waals surface area (Å²) in [6.07, 6.45) is 3.66. The van der Waals surface area contributed by atoms with Crippen molar-refractivity contribution in [3.05, 3.63) is 47.0 Å². The number of benzene rings is 1. The van der Waals surface area contributed by atoms with Crippen LogP contribution in [0.3, 0.4) is 0 Å². The minimum atomic E-state index is -0.240. The molecule has 0 saturated heterocycles. The normalized spacial score (nSPS) is 18.9. The molecule has 1 atom stereocenters. The number of aliphatic hydroxyl groups is 1. The van der Waals surface area contributed by atoms with E-state index < -0.39 is 0 Å². The van der Waals surface area contributed by atoms with Crippen molar-refractivity contribution in [1.29, 1.82) is 0 Å². The van der Waals surface area contributed by atoms with Gasteiger partial charge in [-0.25, -0.2) is 4.39 Å². The van der Waals surface area contributed by atoms with Gasteiger partial charge < -0.3 is 5.11 Å². The van der Waals surface area contributed by atoms with Crippen molar-refractivity contribution in [3.63, 3.8) is 0 Å². The zero-order chi connectivity index (χ0) is 10.8. The van der Waals surface area contributed by atoms with E-state index in [1.807, 2.05) is 6.92 Å². The third kappa shape index (κ3) is 2.94. The zero-order valence-electron chi connectivity index (χ0n) is 8.44. The number of aryl methyl sites for hydroxylation is 1. The molecule has 0 amide bonds. The van der Waals surface area contributed by atoms with Crippen molar-refractivity contribution in [1.82, 2.24) is 0 Å². The molecular formula is C12H13FNNaO. The molecule has 80 valence electrons. The van der Waals surface area contributed by atoms with E-state index in [0.717, 1.165) is 11.1 Å². The van der Waals surface area contributed by atoms with Gasteiger partial charge in [0.05, 0.1) is 11.8 Å². The van der Waals surface area contributed by atoms with Crippen LogP contribution in [0.15, 0.2) is 35.0 Å². The molecule has 1 aromatic rings. The van der Waals surface area contributed by atoms with Crippen molar-refractivity contribution in [2.45, 2.75) is 19.4 Å². The summed E-state index contributed by atoms with van der Waals surface area (Å²) in [7, 11) is 0. The van der Waals surface area contributed by atoms with E-state index in [1.165, 1.54) is 12.1 Å². The molecule has 0 aliphatic carbocycles. The Kier molecular flexibility index (Phi) is 4.71.